The number of nitrogens with zero attached hydrogens (tertiary/aromatic N) is 2. The molecule has 3 atom stereocenters. The molecule has 0 aromatic heterocycles. The zero-order valence-electron chi connectivity index (χ0n) is 30.8. The Morgan fingerprint density at radius 2 is 1.53 bits per heavy atom. The van der Waals surface area contributed by atoms with Gasteiger partial charge >= 0.3 is 0 Å². The number of carbonyl (C=O) groups is 2. The summed E-state index contributed by atoms with van der Waals surface area (Å²) in [5, 5.41) is 16.0. The maximum absolute atomic E-state index is 12.1. The average Bonchev–Trinajstić information content (AvgIpc) is 3.19. The quantitative estimate of drug-likeness (QED) is 0.154. The van der Waals surface area contributed by atoms with E-state index in [9.17, 15) is 14.7 Å². The second-order valence-electron chi connectivity index (χ2n) is 15.6. The predicted molar refractivity (Wildman–Crippen MR) is 210 cm³/mol. The molecule has 0 bridgehead atoms. The van der Waals surface area contributed by atoms with Crippen LogP contribution in [-0.4, -0.2) is 67.7 Å². The normalized spacial score (nSPS) is 23.0. The number of phenols is 1. The molecule has 0 radical (unpaired) electrons. The minimum atomic E-state index is -0.354. The van der Waals surface area contributed by atoms with Crippen molar-refractivity contribution < 1.29 is 19.4 Å². The number of anilines is 2. The van der Waals surface area contributed by atoms with Gasteiger partial charge in [0.2, 0.25) is 11.8 Å². The Morgan fingerprint density at radius 3 is 2.26 bits per heavy atom. The van der Waals surface area contributed by atoms with Crippen molar-refractivity contribution in [3.8, 4) is 11.5 Å². The third-order valence-corrected chi connectivity index (χ3v) is 12.4. The van der Waals surface area contributed by atoms with Gasteiger partial charge in [0, 0.05) is 55.0 Å². The van der Waals surface area contributed by atoms with Crippen molar-refractivity contribution in [2.75, 3.05) is 50.1 Å². The van der Waals surface area contributed by atoms with Gasteiger partial charge in [-0.25, -0.2) is 0 Å². The zero-order valence-corrected chi connectivity index (χ0v) is 30.8. The van der Waals surface area contributed by atoms with Crippen molar-refractivity contribution in [1.82, 2.24) is 10.2 Å². The lowest BCUT2D eigenvalue weighted by molar-refractivity contribution is -0.133. The molecule has 3 N–H and O–H groups in total. The molecule has 8 rings (SSSR count). The van der Waals surface area contributed by atoms with Crippen LogP contribution in [0.1, 0.15) is 90.5 Å². The van der Waals surface area contributed by atoms with E-state index in [1.54, 1.807) is 7.11 Å². The minimum Gasteiger partial charge on any atom is -0.508 e. The molecule has 4 aliphatic rings. The van der Waals surface area contributed by atoms with E-state index in [0.717, 1.165) is 50.5 Å². The van der Waals surface area contributed by atoms with E-state index < -0.39 is 0 Å². The number of piperidine rings is 3. The second kappa shape index (κ2) is 15.7. The van der Waals surface area contributed by atoms with Gasteiger partial charge in [-0.05, 0) is 128 Å². The number of nitrogens with one attached hydrogen (secondary N) is 2. The molecule has 2 amide bonds. The highest BCUT2D eigenvalue weighted by Gasteiger charge is 2.35. The SMILES string of the molecule is COc1cc(N2CCC(CN3CCC(c4ccc(N[C@@H]5CCC(=O)NC5=O)cc4)CC3)CC2)ccc1[C@@H]1c2ccc(O)cc2CC[C@@H]1c1ccccc1. The Balaban J connectivity index is 0.858. The van der Waals surface area contributed by atoms with Crippen LogP contribution < -0.4 is 20.3 Å². The number of aryl methyl sites for hydroxylation is 1. The number of amides is 2. The van der Waals surface area contributed by atoms with Gasteiger partial charge in [0.05, 0.1) is 7.11 Å². The number of hydrogen-bond donors (Lipinski definition) is 3. The molecule has 4 aromatic carbocycles. The topological polar surface area (TPSA) is 94.1 Å². The molecule has 8 heteroatoms. The molecule has 0 saturated carbocycles. The second-order valence-corrected chi connectivity index (χ2v) is 15.6. The average molecular weight is 713 g/mol. The van der Waals surface area contributed by atoms with E-state index in [1.165, 1.54) is 65.7 Å². The van der Waals surface area contributed by atoms with Gasteiger partial charge in [0.1, 0.15) is 17.5 Å². The lowest BCUT2D eigenvalue weighted by Crippen LogP contribution is -2.47. The number of ether oxygens (including phenoxy) is 1. The highest BCUT2D eigenvalue weighted by atomic mass is 16.5. The van der Waals surface area contributed by atoms with Crippen LogP contribution in [0.3, 0.4) is 0 Å². The number of rotatable bonds is 9. The summed E-state index contributed by atoms with van der Waals surface area (Å²) < 4.78 is 6.15. The van der Waals surface area contributed by atoms with E-state index in [4.69, 9.17) is 4.74 Å². The van der Waals surface area contributed by atoms with Crippen molar-refractivity contribution in [2.24, 2.45) is 5.92 Å². The van der Waals surface area contributed by atoms with Crippen molar-refractivity contribution in [1.29, 1.82) is 0 Å². The largest absolute Gasteiger partial charge is 0.508 e. The fourth-order valence-corrected chi connectivity index (χ4v) is 9.48. The molecule has 4 aromatic rings. The van der Waals surface area contributed by atoms with Gasteiger partial charge in [-0.3, -0.25) is 14.9 Å². The van der Waals surface area contributed by atoms with E-state index >= 15 is 0 Å². The Kier molecular flexibility index (Phi) is 10.4. The molecular formula is C45H52N4O4. The summed E-state index contributed by atoms with van der Waals surface area (Å²) >= 11 is 0. The molecule has 0 spiro atoms. The van der Waals surface area contributed by atoms with E-state index in [2.05, 4.69) is 99.3 Å². The van der Waals surface area contributed by atoms with Crippen molar-refractivity contribution in [2.45, 2.75) is 75.2 Å². The molecule has 3 heterocycles. The van der Waals surface area contributed by atoms with Crippen LogP contribution >= 0.6 is 0 Å². The summed E-state index contributed by atoms with van der Waals surface area (Å²) in [6.07, 6.45) is 7.62. The number of methoxy groups -OCH3 is 1. The summed E-state index contributed by atoms with van der Waals surface area (Å²) in [7, 11) is 1.80. The Hall–Kier alpha value is -4.82. The molecule has 0 unspecified atom stereocenters. The van der Waals surface area contributed by atoms with Gasteiger partial charge in [-0.15, -0.1) is 0 Å². The molecule has 53 heavy (non-hydrogen) atoms. The summed E-state index contributed by atoms with van der Waals surface area (Å²) in [6.45, 7) is 5.55. The van der Waals surface area contributed by atoms with Gasteiger partial charge in [-0.1, -0.05) is 54.6 Å². The summed E-state index contributed by atoms with van der Waals surface area (Å²) in [6, 6.07) is 31.8. The maximum Gasteiger partial charge on any atom is 0.249 e. The molecule has 3 aliphatic heterocycles. The molecule has 8 nitrogen and oxygen atoms in total. The van der Waals surface area contributed by atoms with Gasteiger partial charge < -0.3 is 25.0 Å². The first-order valence-corrected chi connectivity index (χ1v) is 19.6. The minimum absolute atomic E-state index is 0.155. The Morgan fingerprint density at radius 1 is 0.774 bits per heavy atom. The van der Waals surface area contributed by atoms with E-state index in [-0.39, 0.29) is 23.8 Å². The fourth-order valence-electron chi connectivity index (χ4n) is 9.48. The number of imide groups is 1. The Bertz CT molecular complexity index is 1900. The number of benzene rings is 4. The van der Waals surface area contributed by atoms with E-state index in [0.29, 0.717) is 36.3 Å². The number of likely N-dealkylation sites (tertiary alicyclic amines) is 1. The van der Waals surface area contributed by atoms with Gasteiger partial charge in [0.25, 0.3) is 0 Å². The predicted octanol–water partition coefficient (Wildman–Crippen LogP) is 7.58. The highest BCUT2D eigenvalue weighted by Crippen LogP contribution is 2.50. The number of carbonyl (C=O) groups excluding carboxylic acids is 2. The number of hydrogen-bond acceptors (Lipinski definition) is 7. The summed E-state index contributed by atoms with van der Waals surface area (Å²) in [5.41, 5.74) is 8.62. The standard InChI is InChI=1S/C45H52N4O4/c1-53-42-28-36(12-15-40(42)44-38(33-5-3-2-4-6-33)14-9-34-27-37(50)13-16-39(34)44)49-25-19-30(20-26-49)29-48-23-21-32(22-24-48)31-7-10-35(11-8-31)46-41-17-18-43(51)47-45(41)52/h2-8,10-13,15-16,27-28,30,32,38,41,44,46,50H,9,14,17-26,29H2,1H3,(H,47,51,52)/t38-,41-,44+/m1/s1. The number of fused-ring (bicyclic) bond motifs is 1. The Labute approximate surface area is 313 Å². The van der Waals surface area contributed by atoms with Crippen molar-refractivity contribution in [3.63, 3.8) is 0 Å². The highest BCUT2D eigenvalue weighted by molar-refractivity contribution is 6.01. The van der Waals surface area contributed by atoms with Crippen LogP contribution in [0.4, 0.5) is 11.4 Å². The fraction of sp³-hybridized carbons (Fsp3) is 0.422. The lowest BCUT2D eigenvalue weighted by Gasteiger charge is -2.39. The molecular weight excluding hydrogens is 661 g/mol. The first kappa shape index (κ1) is 35.2. The van der Waals surface area contributed by atoms with Gasteiger partial charge in [-0.2, -0.15) is 0 Å². The molecule has 3 saturated heterocycles. The summed E-state index contributed by atoms with van der Waals surface area (Å²) in [5.74, 6) is 2.62. The number of aromatic hydroxyl groups is 1. The third-order valence-electron chi connectivity index (χ3n) is 12.4. The van der Waals surface area contributed by atoms with Crippen LogP contribution in [-0.2, 0) is 16.0 Å². The first-order valence-electron chi connectivity index (χ1n) is 19.6. The third kappa shape index (κ3) is 7.79. The molecule has 276 valence electrons. The number of phenolic OH excluding ortho intramolecular Hbond substituents is 1. The van der Waals surface area contributed by atoms with Crippen LogP contribution in [0.25, 0.3) is 0 Å². The van der Waals surface area contributed by atoms with Crippen molar-refractivity contribution >= 4 is 23.2 Å². The first-order chi connectivity index (χ1) is 25.9. The van der Waals surface area contributed by atoms with Crippen LogP contribution in [0.2, 0.25) is 0 Å². The van der Waals surface area contributed by atoms with E-state index in [1.807, 2.05) is 12.1 Å². The zero-order chi connectivity index (χ0) is 36.3. The molecule has 3 fully saturated rings. The smallest absolute Gasteiger partial charge is 0.249 e. The summed E-state index contributed by atoms with van der Waals surface area (Å²) in [4.78, 5) is 28.8. The monoisotopic (exact) mass is 712 g/mol. The van der Waals surface area contributed by atoms with Crippen molar-refractivity contribution in [3.05, 3.63) is 119 Å². The van der Waals surface area contributed by atoms with Crippen LogP contribution in [0.5, 0.6) is 11.5 Å². The van der Waals surface area contributed by atoms with Gasteiger partial charge in [0.15, 0.2) is 0 Å². The van der Waals surface area contributed by atoms with Crippen LogP contribution in [0.15, 0.2) is 91.0 Å². The molecule has 1 aliphatic carbocycles. The van der Waals surface area contributed by atoms with Crippen LogP contribution in [0, 0.1) is 5.92 Å². The lowest BCUT2D eigenvalue weighted by atomic mass is 9.69. The maximum atomic E-state index is 12.1.